The third kappa shape index (κ3) is 3.43. The van der Waals surface area contributed by atoms with Crippen molar-refractivity contribution in [1.29, 1.82) is 0 Å². The number of esters is 1. The molecule has 7 heteroatoms. The van der Waals surface area contributed by atoms with Gasteiger partial charge in [0.05, 0.1) is 23.4 Å². The van der Waals surface area contributed by atoms with Gasteiger partial charge in [0.25, 0.3) is 5.91 Å². The molecule has 1 aromatic carbocycles. The summed E-state index contributed by atoms with van der Waals surface area (Å²) in [6.45, 7) is 2.06. The van der Waals surface area contributed by atoms with Crippen LogP contribution in [0, 0.1) is 0 Å². The third-order valence-corrected chi connectivity index (χ3v) is 3.64. The van der Waals surface area contributed by atoms with E-state index in [4.69, 9.17) is 4.74 Å². The molecule has 0 spiro atoms. The molecule has 0 aliphatic heterocycles. The Morgan fingerprint density at radius 1 is 1.45 bits per heavy atom. The molecule has 104 valence electrons. The van der Waals surface area contributed by atoms with Gasteiger partial charge in [0.1, 0.15) is 5.69 Å². The minimum absolute atomic E-state index is 0.296. The SMILES string of the molecule is CCOC(=O)c1ccc(NC(=O)c2cscn2)c(Br)c1. The lowest BCUT2D eigenvalue weighted by Gasteiger charge is -2.08. The van der Waals surface area contributed by atoms with Gasteiger partial charge in [-0.3, -0.25) is 4.79 Å². The lowest BCUT2D eigenvalue weighted by atomic mass is 10.2. The summed E-state index contributed by atoms with van der Waals surface area (Å²) in [6.07, 6.45) is 0. The number of carbonyl (C=O) groups excluding carboxylic acids is 2. The van der Waals surface area contributed by atoms with E-state index >= 15 is 0 Å². The van der Waals surface area contributed by atoms with Gasteiger partial charge in [-0.15, -0.1) is 11.3 Å². The molecule has 0 unspecified atom stereocenters. The zero-order valence-corrected chi connectivity index (χ0v) is 13.0. The van der Waals surface area contributed by atoms with Crippen molar-refractivity contribution >= 4 is 44.8 Å². The topological polar surface area (TPSA) is 68.3 Å². The molecule has 1 N–H and O–H groups in total. The van der Waals surface area contributed by atoms with E-state index in [-0.39, 0.29) is 5.91 Å². The number of halogens is 1. The molecule has 0 saturated carbocycles. The molecule has 0 aliphatic carbocycles. The Bertz CT molecular complexity index is 629. The number of aromatic nitrogens is 1. The highest BCUT2D eigenvalue weighted by molar-refractivity contribution is 9.10. The van der Waals surface area contributed by atoms with Crippen molar-refractivity contribution in [3.63, 3.8) is 0 Å². The summed E-state index contributed by atoms with van der Waals surface area (Å²) in [5.74, 6) is -0.693. The van der Waals surface area contributed by atoms with Gasteiger partial charge in [0.2, 0.25) is 0 Å². The summed E-state index contributed by atoms with van der Waals surface area (Å²) < 4.78 is 5.51. The first-order chi connectivity index (χ1) is 9.61. The van der Waals surface area contributed by atoms with Crippen LogP contribution in [0.4, 0.5) is 5.69 Å². The van der Waals surface area contributed by atoms with Gasteiger partial charge < -0.3 is 10.1 Å². The highest BCUT2D eigenvalue weighted by Gasteiger charge is 2.12. The molecule has 0 fully saturated rings. The van der Waals surface area contributed by atoms with Crippen molar-refractivity contribution in [2.75, 3.05) is 11.9 Å². The van der Waals surface area contributed by atoms with Gasteiger partial charge in [0.15, 0.2) is 0 Å². The minimum atomic E-state index is -0.398. The second-order valence-electron chi connectivity index (χ2n) is 3.74. The van der Waals surface area contributed by atoms with Crippen LogP contribution in [0.2, 0.25) is 0 Å². The quantitative estimate of drug-likeness (QED) is 0.855. The van der Waals surface area contributed by atoms with Crippen LogP contribution in [0.3, 0.4) is 0 Å². The van der Waals surface area contributed by atoms with E-state index in [1.54, 1.807) is 36.0 Å². The normalized spacial score (nSPS) is 10.1. The molecule has 5 nitrogen and oxygen atoms in total. The van der Waals surface area contributed by atoms with E-state index < -0.39 is 5.97 Å². The minimum Gasteiger partial charge on any atom is -0.462 e. The smallest absolute Gasteiger partial charge is 0.338 e. The van der Waals surface area contributed by atoms with Crippen molar-refractivity contribution in [2.45, 2.75) is 6.92 Å². The molecule has 2 rings (SSSR count). The maximum Gasteiger partial charge on any atom is 0.338 e. The summed E-state index contributed by atoms with van der Waals surface area (Å²) in [4.78, 5) is 27.4. The Hall–Kier alpha value is -1.73. The first-order valence-corrected chi connectivity index (χ1v) is 7.51. The molecule has 20 heavy (non-hydrogen) atoms. The molecule has 1 amide bonds. The first kappa shape index (κ1) is 14.7. The number of thiazole rings is 1. The van der Waals surface area contributed by atoms with Gasteiger partial charge in [-0.25, -0.2) is 9.78 Å². The number of nitrogens with zero attached hydrogens (tertiary/aromatic N) is 1. The van der Waals surface area contributed by atoms with Crippen molar-refractivity contribution in [1.82, 2.24) is 4.98 Å². The van der Waals surface area contributed by atoms with Crippen molar-refractivity contribution in [3.8, 4) is 0 Å². The second-order valence-corrected chi connectivity index (χ2v) is 5.32. The van der Waals surface area contributed by atoms with E-state index in [0.717, 1.165) is 0 Å². The highest BCUT2D eigenvalue weighted by Crippen LogP contribution is 2.24. The van der Waals surface area contributed by atoms with Gasteiger partial charge in [-0.05, 0) is 41.1 Å². The average Bonchev–Trinajstić information content (AvgIpc) is 2.95. The summed E-state index contributed by atoms with van der Waals surface area (Å²) in [7, 11) is 0. The van der Waals surface area contributed by atoms with Gasteiger partial charge in [-0.2, -0.15) is 0 Å². The largest absolute Gasteiger partial charge is 0.462 e. The van der Waals surface area contributed by atoms with Crippen LogP contribution >= 0.6 is 27.3 Å². The number of hydrogen-bond acceptors (Lipinski definition) is 5. The Morgan fingerprint density at radius 3 is 2.85 bits per heavy atom. The fourth-order valence-electron chi connectivity index (χ4n) is 1.47. The van der Waals surface area contributed by atoms with E-state index in [0.29, 0.717) is 28.0 Å². The Balaban J connectivity index is 2.14. The molecule has 0 atom stereocenters. The first-order valence-electron chi connectivity index (χ1n) is 5.78. The number of rotatable bonds is 4. The van der Waals surface area contributed by atoms with Crippen LogP contribution in [0.25, 0.3) is 0 Å². The van der Waals surface area contributed by atoms with E-state index in [1.165, 1.54) is 11.3 Å². The van der Waals surface area contributed by atoms with Crippen molar-refractivity contribution in [3.05, 3.63) is 44.8 Å². The molecule has 0 saturated heterocycles. The number of benzene rings is 1. The number of carbonyl (C=O) groups is 2. The summed E-state index contributed by atoms with van der Waals surface area (Å²) >= 11 is 4.67. The standard InChI is InChI=1S/C13H11BrN2O3S/c1-2-19-13(18)8-3-4-10(9(14)5-8)16-12(17)11-6-20-7-15-11/h3-7H,2H2,1H3,(H,16,17). The zero-order valence-electron chi connectivity index (χ0n) is 10.6. The number of amides is 1. The van der Waals surface area contributed by atoms with E-state index in [2.05, 4.69) is 26.2 Å². The van der Waals surface area contributed by atoms with Gasteiger partial charge in [-0.1, -0.05) is 0 Å². The zero-order chi connectivity index (χ0) is 14.5. The Morgan fingerprint density at radius 2 is 2.25 bits per heavy atom. The Kier molecular flexibility index (Phi) is 4.86. The fourth-order valence-corrected chi connectivity index (χ4v) is 2.48. The highest BCUT2D eigenvalue weighted by atomic mass is 79.9. The molecule has 0 bridgehead atoms. The predicted molar refractivity (Wildman–Crippen MR) is 80.2 cm³/mol. The summed E-state index contributed by atoms with van der Waals surface area (Å²) in [5, 5.41) is 4.38. The molecular formula is C13H11BrN2O3S. The Labute approximate surface area is 128 Å². The number of ether oxygens (including phenoxy) is 1. The molecule has 1 heterocycles. The third-order valence-electron chi connectivity index (χ3n) is 2.39. The van der Waals surface area contributed by atoms with Gasteiger partial charge >= 0.3 is 5.97 Å². The van der Waals surface area contributed by atoms with Crippen LogP contribution in [0.1, 0.15) is 27.8 Å². The molecule has 0 aliphatic rings. The maximum atomic E-state index is 11.9. The lowest BCUT2D eigenvalue weighted by Crippen LogP contribution is -2.13. The number of hydrogen-bond donors (Lipinski definition) is 1. The van der Waals surface area contributed by atoms with Crippen LogP contribution in [-0.4, -0.2) is 23.5 Å². The lowest BCUT2D eigenvalue weighted by molar-refractivity contribution is 0.0526. The van der Waals surface area contributed by atoms with Crippen molar-refractivity contribution in [2.24, 2.45) is 0 Å². The van der Waals surface area contributed by atoms with Crippen molar-refractivity contribution < 1.29 is 14.3 Å². The summed E-state index contributed by atoms with van der Waals surface area (Å²) in [5.41, 5.74) is 2.94. The average molecular weight is 355 g/mol. The predicted octanol–water partition coefficient (Wildman–Crippen LogP) is 3.33. The van der Waals surface area contributed by atoms with Crippen LogP contribution in [-0.2, 0) is 4.74 Å². The van der Waals surface area contributed by atoms with Crippen LogP contribution in [0.5, 0.6) is 0 Å². The molecule has 2 aromatic rings. The molecule has 1 aromatic heterocycles. The van der Waals surface area contributed by atoms with Gasteiger partial charge in [0, 0.05) is 9.85 Å². The fraction of sp³-hybridized carbons (Fsp3) is 0.154. The summed E-state index contributed by atoms with van der Waals surface area (Å²) in [6, 6.07) is 4.84. The molecule has 0 radical (unpaired) electrons. The van der Waals surface area contributed by atoms with E-state index in [1.807, 2.05) is 0 Å². The van der Waals surface area contributed by atoms with Crippen LogP contribution in [0.15, 0.2) is 33.6 Å². The second kappa shape index (κ2) is 6.62. The monoisotopic (exact) mass is 354 g/mol. The molecular weight excluding hydrogens is 344 g/mol. The number of anilines is 1. The van der Waals surface area contributed by atoms with E-state index in [9.17, 15) is 9.59 Å². The number of nitrogens with one attached hydrogen (secondary N) is 1. The van der Waals surface area contributed by atoms with Crippen LogP contribution < -0.4 is 5.32 Å². The maximum absolute atomic E-state index is 11.9.